The lowest BCUT2D eigenvalue weighted by molar-refractivity contribution is 0.292. The summed E-state index contributed by atoms with van der Waals surface area (Å²) in [5.41, 5.74) is 0. The van der Waals surface area contributed by atoms with Crippen LogP contribution in [0.15, 0.2) is 0 Å². The maximum absolute atomic E-state index is 5.48. The number of hydrogen-bond donors (Lipinski definition) is 2. The Kier molecular flexibility index (Phi) is 6.92. The molecule has 0 bridgehead atoms. The highest BCUT2D eigenvalue weighted by atomic mass is 16.5. The van der Waals surface area contributed by atoms with Gasteiger partial charge in [-0.25, -0.2) is 0 Å². The summed E-state index contributed by atoms with van der Waals surface area (Å²) in [6, 6.07) is 0.708. The number of rotatable bonds is 9. The lowest BCUT2D eigenvalue weighted by Crippen LogP contribution is -2.18. The number of aromatic nitrogens is 3. The van der Waals surface area contributed by atoms with Gasteiger partial charge in [-0.05, 0) is 26.7 Å². The van der Waals surface area contributed by atoms with Crippen LogP contribution in [0.1, 0.15) is 47.0 Å². The van der Waals surface area contributed by atoms with Gasteiger partial charge in [-0.3, -0.25) is 0 Å². The maximum Gasteiger partial charge on any atom is 0.323 e. The minimum Gasteiger partial charge on any atom is -0.463 e. The molecule has 6 nitrogen and oxygen atoms in total. The van der Waals surface area contributed by atoms with Crippen LogP contribution in [0.3, 0.4) is 0 Å². The zero-order valence-electron chi connectivity index (χ0n) is 12.4. The average molecular weight is 267 g/mol. The zero-order valence-corrected chi connectivity index (χ0v) is 12.4. The molecular formula is C13H25N5O. The fourth-order valence-electron chi connectivity index (χ4n) is 1.64. The molecule has 1 atom stereocenters. The lowest BCUT2D eigenvalue weighted by atomic mass is 10.2. The molecule has 0 amide bonds. The Bertz CT molecular complexity index is 372. The van der Waals surface area contributed by atoms with Crippen molar-refractivity contribution in [1.82, 2.24) is 15.0 Å². The summed E-state index contributed by atoms with van der Waals surface area (Å²) in [5, 5.41) is 6.36. The molecule has 2 N–H and O–H groups in total. The molecule has 1 unspecified atom stereocenters. The Hall–Kier alpha value is -1.59. The SMILES string of the molecule is CCCOc1nc(NCC)nc(NC(C)CCC)n1. The molecule has 0 aliphatic heterocycles. The van der Waals surface area contributed by atoms with Crippen molar-refractivity contribution in [3.8, 4) is 6.01 Å². The van der Waals surface area contributed by atoms with Gasteiger partial charge in [-0.1, -0.05) is 20.3 Å². The molecule has 0 aromatic carbocycles. The fraction of sp³-hybridized carbons (Fsp3) is 0.769. The van der Waals surface area contributed by atoms with Crippen molar-refractivity contribution < 1.29 is 4.74 Å². The topological polar surface area (TPSA) is 72.0 Å². The molecule has 0 saturated heterocycles. The van der Waals surface area contributed by atoms with E-state index < -0.39 is 0 Å². The van der Waals surface area contributed by atoms with Crippen LogP contribution in [0.2, 0.25) is 0 Å². The maximum atomic E-state index is 5.48. The van der Waals surface area contributed by atoms with E-state index in [-0.39, 0.29) is 0 Å². The van der Waals surface area contributed by atoms with E-state index in [4.69, 9.17) is 4.74 Å². The van der Waals surface area contributed by atoms with Crippen LogP contribution >= 0.6 is 0 Å². The Labute approximate surface area is 115 Å². The Morgan fingerprint density at radius 1 is 1.05 bits per heavy atom. The Balaban J connectivity index is 2.79. The second kappa shape index (κ2) is 8.50. The first-order valence-electron chi connectivity index (χ1n) is 7.08. The smallest absolute Gasteiger partial charge is 0.323 e. The predicted octanol–water partition coefficient (Wildman–Crippen LogP) is 2.69. The summed E-state index contributed by atoms with van der Waals surface area (Å²) >= 11 is 0. The van der Waals surface area contributed by atoms with Crippen LogP contribution in [0, 0.1) is 0 Å². The summed E-state index contributed by atoms with van der Waals surface area (Å²) in [4.78, 5) is 12.8. The van der Waals surface area contributed by atoms with Crippen molar-refractivity contribution >= 4 is 11.9 Å². The highest BCUT2D eigenvalue weighted by Crippen LogP contribution is 2.13. The normalized spacial score (nSPS) is 12.0. The molecular weight excluding hydrogens is 242 g/mol. The monoisotopic (exact) mass is 267 g/mol. The van der Waals surface area contributed by atoms with Crippen LogP contribution in [-0.4, -0.2) is 34.1 Å². The van der Waals surface area contributed by atoms with Gasteiger partial charge in [0.1, 0.15) is 0 Å². The average Bonchev–Trinajstić information content (AvgIpc) is 2.36. The van der Waals surface area contributed by atoms with Gasteiger partial charge < -0.3 is 15.4 Å². The fourth-order valence-corrected chi connectivity index (χ4v) is 1.64. The summed E-state index contributed by atoms with van der Waals surface area (Å²) < 4.78 is 5.48. The van der Waals surface area contributed by atoms with Crippen molar-refractivity contribution in [3.05, 3.63) is 0 Å². The minimum atomic E-state index is 0.334. The molecule has 1 aromatic rings. The van der Waals surface area contributed by atoms with Crippen LogP contribution in [0.5, 0.6) is 6.01 Å². The van der Waals surface area contributed by atoms with Gasteiger partial charge >= 0.3 is 6.01 Å². The van der Waals surface area contributed by atoms with Gasteiger partial charge in [0, 0.05) is 12.6 Å². The van der Waals surface area contributed by atoms with E-state index in [1.54, 1.807) is 0 Å². The molecule has 0 aliphatic rings. The zero-order chi connectivity index (χ0) is 14.1. The molecule has 108 valence electrons. The molecule has 0 spiro atoms. The van der Waals surface area contributed by atoms with Gasteiger partial charge in [-0.15, -0.1) is 0 Å². The summed E-state index contributed by atoms with van der Waals surface area (Å²) in [7, 11) is 0. The second-order valence-electron chi connectivity index (χ2n) is 4.48. The number of anilines is 2. The predicted molar refractivity (Wildman–Crippen MR) is 77.8 cm³/mol. The number of nitrogens with one attached hydrogen (secondary N) is 2. The van der Waals surface area contributed by atoms with Crippen molar-refractivity contribution in [2.24, 2.45) is 0 Å². The Morgan fingerprint density at radius 3 is 2.42 bits per heavy atom. The van der Waals surface area contributed by atoms with Crippen molar-refractivity contribution in [2.75, 3.05) is 23.8 Å². The molecule has 0 aliphatic carbocycles. The number of nitrogens with zero attached hydrogens (tertiary/aromatic N) is 3. The molecule has 0 saturated carbocycles. The summed E-state index contributed by atoms with van der Waals surface area (Å²) in [5.74, 6) is 1.12. The third kappa shape index (κ3) is 5.72. The molecule has 0 fully saturated rings. The first kappa shape index (κ1) is 15.5. The largest absolute Gasteiger partial charge is 0.463 e. The van der Waals surface area contributed by atoms with E-state index >= 15 is 0 Å². The minimum absolute atomic E-state index is 0.334. The standard InChI is InChI=1S/C13H25N5O/c1-5-8-10(4)15-12-16-11(14-7-3)17-13(18-12)19-9-6-2/h10H,5-9H2,1-4H3,(H2,14,15,16,17,18). The Morgan fingerprint density at radius 2 is 1.79 bits per heavy atom. The van der Waals surface area contributed by atoms with Crippen LogP contribution in [-0.2, 0) is 0 Å². The van der Waals surface area contributed by atoms with Gasteiger partial charge in [0.25, 0.3) is 0 Å². The lowest BCUT2D eigenvalue weighted by Gasteiger charge is -2.14. The second-order valence-corrected chi connectivity index (χ2v) is 4.48. The molecule has 0 radical (unpaired) electrons. The van der Waals surface area contributed by atoms with E-state index in [0.717, 1.165) is 25.8 Å². The molecule has 1 heterocycles. The summed E-state index contributed by atoms with van der Waals surface area (Å²) in [6.07, 6.45) is 3.13. The highest BCUT2D eigenvalue weighted by Gasteiger charge is 2.09. The number of hydrogen-bond acceptors (Lipinski definition) is 6. The van der Waals surface area contributed by atoms with Gasteiger partial charge in [0.2, 0.25) is 11.9 Å². The van der Waals surface area contributed by atoms with Gasteiger partial charge in [-0.2, -0.15) is 15.0 Å². The number of ether oxygens (including phenoxy) is 1. The van der Waals surface area contributed by atoms with Crippen molar-refractivity contribution in [1.29, 1.82) is 0 Å². The third-order valence-corrected chi connectivity index (χ3v) is 2.48. The van der Waals surface area contributed by atoms with E-state index in [2.05, 4.69) is 46.4 Å². The van der Waals surface area contributed by atoms with Crippen molar-refractivity contribution in [3.63, 3.8) is 0 Å². The summed E-state index contributed by atoms with van der Waals surface area (Å²) in [6.45, 7) is 9.71. The molecule has 6 heteroatoms. The van der Waals surface area contributed by atoms with Crippen LogP contribution < -0.4 is 15.4 Å². The van der Waals surface area contributed by atoms with E-state index in [9.17, 15) is 0 Å². The molecule has 1 aromatic heterocycles. The first-order chi connectivity index (χ1) is 9.19. The molecule has 1 rings (SSSR count). The third-order valence-electron chi connectivity index (χ3n) is 2.48. The van der Waals surface area contributed by atoms with Crippen LogP contribution in [0.25, 0.3) is 0 Å². The first-order valence-corrected chi connectivity index (χ1v) is 7.08. The van der Waals surface area contributed by atoms with Gasteiger partial charge in [0.15, 0.2) is 0 Å². The van der Waals surface area contributed by atoms with E-state index in [1.807, 2.05) is 6.92 Å². The van der Waals surface area contributed by atoms with Gasteiger partial charge in [0.05, 0.1) is 6.61 Å². The van der Waals surface area contributed by atoms with E-state index in [1.165, 1.54) is 0 Å². The van der Waals surface area contributed by atoms with E-state index in [0.29, 0.717) is 30.6 Å². The highest BCUT2D eigenvalue weighted by molar-refractivity contribution is 5.36. The van der Waals surface area contributed by atoms with Crippen molar-refractivity contribution in [2.45, 2.75) is 53.0 Å². The molecule has 19 heavy (non-hydrogen) atoms. The quantitative estimate of drug-likeness (QED) is 0.716. The van der Waals surface area contributed by atoms with Crippen LogP contribution in [0.4, 0.5) is 11.9 Å².